The van der Waals surface area contributed by atoms with E-state index in [-0.39, 0.29) is 24.2 Å². The minimum absolute atomic E-state index is 0.0385. The summed E-state index contributed by atoms with van der Waals surface area (Å²) in [5.74, 6) is 1.70. The van der Waals surface area contributed by atoms with E-state index in [1.54, 1.807) is 71.7 Å². The number of Topliss-reactive ketones (excluding diaryl/α,β-unsaturated/α-hetero) is 1. The van der Waals surface area contributed by atoms with Gasteiger partial charge in [0.05, 0.1) is 11.4 Å². The number of hydrogen-bond acceptors (Lipinski definition) is 6. The van der Waals surface area contributed by atoms with Gasteiger partial charge in [0.1, 0.15) is 17.3 Å². The second-order valence-electron chi connectivity index (χ2n) is 9.77. The van der Waals surface area contributed by atoms with Crippen molar-refractivity contribution in [1.29, 1.82) is 0 Å². The molecule has 0 saturated heterocycles. The fourth-order valence-electron chi connectivity index (χ4n) is 3.66. The Morgan fingerprint density at radius 2 is 1.66 bits per heavy atom. The molecule has 0 bridgehead atoms. The zero-order valence-corrected chi connectivity index (χ0v) is 21.6. The molecule has 9 nitrogen and oxygen atoms in total. The quantitative estimate of drug-likeness (QED) is 0.238. The number of ether oxygens (including phenoxy) is 1. The van der Waals surface area contributed by atoms with Gasteiger partial charge in [-0.1, -0.05) is 32.9 Å². The molecule has 3 N–H and O–H groups in total. The molecule has 0 fully saturated rings. The molecule has 4 aromatic rings. The van der Waals surface area contributed by atoms with Crippen molar-refractivity contribution in [1.82, 2.24) is 14.8 Å². The molecule has 9 heteroatoms. The Bertz CT molecular complexity index is 1390. The van der Waals surface area contributed by atoms with Crippen LogP contribution >= 0.6 is 0 Å². The molecule has 0 aliphatic heterocycles. The van der Waals surface area contributed by atoms with Crippen LogP contribution in [0.25, 0.3) is 5.69 Å². The topological polar surface area (TPSA) is 118 Å². The first kappa shape index (κ1) is 26.6. The number of amides is 2. The molecule has 0 saturated carbocycles. The first-order valence-electron chi connectivity index (χ1n) is 12.3. The normalized spacial score (nSPS) is 11.2. The maximum atomic E-state index is 12.9. The van der Waals surface area contributed by atoms with E-state index < -0.39 is 6.03 Å². The molecule has 2 aromatic heterocycles. The molecule has 196 valence electrons. The van der Waals surface area contributed by atoms with E-state index in [0.717, 1.165) is 5.69 Å². The molecule has 0 aliphatic rings. The number of urea groups is 1. The Hall–Kier alpha value is -4.50. The average Bonchev–Trinajstić information content (AvgIpc) is 3.33. The molecule has 4 rings (SSSR count). The smallest absolute Gasteiger partial charge is 0.324 e. The Morgan fingerprint density at radius 1 is 0.947 bits per heavy atom. The summed E-state index contributed by atoms with van der Waals surface area (Å²) in [4.78, 5) is 29.4. The largest absolute Gasteiger partial charge is 0.457 e. The van der Waals surface area contributed by atoms with Crippen molar-refractivity contribution in [3.8, 4) is 17.2 Å². The monoisotopic (exact) mass is 513 g/mol. The zero-order chi connectivity index (χ0) is 27.1. The van der Waals surface area contributed by atoms with Gasteiger partial charge in [-0.2, -0.15) is 5.10 Å². The van der Waals surface area contributed by atoms with Crippen LogP contribution in [0.4, 0.5) is 16.3 Å². The molecular weight excluding hydrogens is 482 g/mol. The van der Waals surface area contributed by atoms with Crippen LogP contribution in [0.15, 0.2) is 79.1 Å². The molecule has 0 spiro atoms. The van der Waals surface area contributed by atoms with Crippen molar-refractivity contribution >= 4 is 23.3 Å². The third-order valence-electron chi connectivity index (χ3n) is 5.69. The summed E-state index contributed by atoms with van der Waals surface area (Å²) in [7, 11) is 0. The van der Waals surface area contributed by atoms with Crippen LogP contribution in [-0.2, 0) is 5.41 Å². The van der Waals surface area contributed by atoms with Crippen LogP contribution in [-0.4, -0.2) is 38.3 Å². The molecule has 2 aromatic carbocycles. The fourth-order valence-corrected chi connectivity index (χ4v) is 3.66. The van der Waals surface area contributed by atoms with Gasteiger partial charge in [-0.25, -0.2) is 9.48 Å². The number of carbonyl (C=O) groups excluding carboxylic acids is 2. The molecule has 0 aliphatic carbocycles. The second-order valence-corrected chi connectivity index (χ2v) is 9.77. The van der Waals surface area contributed by atoms with E-state index in [9.17, 15) is 9.59 Å². The zero-order valence-electron chi connectivity index (χ0n) is 21.6. The lowest BCUT2D eigenvalue weighted by Crippen LogP contribution is -2.21. The Labute approximate surface area is 221 Å². The molecule has 0 radical (unpaired) electrons. The lowest BCUT2D eigenvalue weighted by atomic mass is 9.92. The predicted molar refractivity (Wildman–Crippen MR) is 146 cm³/mol. The maximum Gasteiger partial charge on any atom is 0.324 e. The van der Waals surface area contributed by atoms with Crippen LogP contribution in [0.2, 0.25) is 0 Å². The number of aliphatic hydroxyl groups excluding tert-OH is 1. The number of nitrogens with one attached hydrogen (secondary N) is 2. The Morgan fingerprint density at radius 3 is 2.34 bits per heavy atom. The SMILES string of the molecule is CC(C)(C)c1cc(NC(=O)Nc2ccc(Oc3ccncc3)cc2)n(-c2cccc(C(=O)CCCO)c2)n1. The number of benzene rings is 2. The number of nitrogens with zero attached hydrogens (tertiary/aromatic N) is 3. The first-order chi connectivity index (χ1) is 18.2. The van der Waals surface area contributed by atoms with Gasteiger partial charge in [-0.05, 0) is 55.0 Å². The summed E-state index contributed by atoms with van der Waals surface area (Å²) < 4.78 is 7.38. The number of rotatable bonds is 9. The summed E-state index contributed by atoms with van der Waals surface area (Å²) in [6, 6.07) is 19.0. The summed E-state index contributed by atoms with van der Waals surface area (Å²) >= 11 is 0. The van der Waals surface area contributed by atoms with Crippen molar-refractivity contribution in [2.24, 2.45) is 0 Å². The number of anilines is 2. The standard InChI is InChI=1S/C29H31N5O4/c1-29(2,3)26-19-27(34(33-26)22-7-4-6-20(18-22)25(36)8-5-17-35)32-28(37)31-21-9-11-23(12-10-21)38-24-13-15-30-16-14-24/h4,6-7,9-16,18-19,35H,5,8,17H2,1-3H3,(H2,31,32,37). The van der Waals surface area contributed by atoms with Gasteiger partial charge in [0.2, 0.25) is 0 Å². The molecule has 0 atom stereocenters. The van der Waals surface area contributed by atoms with E-state index in [1.807, 2.05) is 32.9 Å². The van der Waals surface area contributed by atoms with Crippen LogP contribution in [0.3, 0.4) is 0 Å². The lowest BCUT2D eigenvalue weighted by Gasteiger charge is -2.14. The fraction of sp³-hybridized carbons (Fsp3) is 0.241. The van der Waals surface area contributed by atoms with Crippen LogP contribution < -0.4 is 15.4 Å². The summed E-state index contributed by atoms with van der Waals surface area (Å²) in [5.41, 5.74) is 2.26. The van der Waals surface area contributed by atoms with Gasteiger partial charge in [0.25, 0.3) is 0 Å². The van der Waals surface area contributed by atoms with Crippen molar-refractivity contribution < 1.29 is 19.4 Å². The summed E-state index contributed by atoms with van der Waals surface area (Å²) in [6.45, 7) is 6.07. The van der Waals surface area contributed by atoms with Crippen LogP contribution in [0.1, 0.15) is 49.7 Å². The van der Waals surface area contributed by atoms with Gasteiger partial charge >= 0.3 is 6.03 Å². The van der Waals surface area contributed by atoms with Crippen molar-refractivity contribution in [3.05, 3.63) is 90.4 Å². The van der Waals surface area contributed by atoms with E-state index in [0.29, 0.717) is 40.7 Å². The highest BCUT2D eigenvalue weighted by molar-refractivity contribution is 5.99. The van der Waals surface area contributed by atoms with E-state index in [1.165, 1.54) is 0 Å². The lowest BCUT2D eigenvalue weighted by molar-refractivity contribution is 0.0971. The highest BCUT2D eigenvalue weighted by atomic mass is 16.5. The number of aliphatic hydroxyl groups is 1. The summed E-state index contributed by atoms with van der Waals surface area (Å²) in [5, 5.41) is 19.5. The minimum Gasteiger partial charge on any atom is -0.457 e. The predicted octanol–water partition coefficient (Wildman–Crippen LogP) is 5.96. The molecular formula is C29H31N5O4. The van der Waals surface area contributed by atoms with Gasteiger partial charge in [0, 0.05) is 48.2 Å². The Balaban J connectivity index is 1.51. The number of pyridine rings is 1. The van der Waals surface area contributed by atoms with E-state index in [2.05, 4.69) is 15.6 Å². The second kappa shape index (κ2) is 11.7. The molecule has 38 heavy (non-hydrogen) atoms. The van der Waals surface area contributed by atoms with Gasteiger partial charge in [0.15, 0.2) is 5.78 Å². The van der Waals surface area contributed by atoms with Crippen molar-refractivity contribution in [2.75, 3.05) is 17.2 Å². The maximum absolute atomic E-state index is 12.9. The number of hydrogen-bond donors (Lipinski definition) is 3. The number of carbonyl (C=O) groups is 2. The number of aromatic nitrogens is 3. The third-order valence-corrected chi connectivity index (χ3v) is 5.69. The minimum atomic E-state index is -0.440. The van der Waals surface area contributed by atoms with Crippen molar-refractivity contribution in [2.45, 2.75) is 39.0 Å². The van der Waals surface area contributed by atoms with Crippen LogP contribution in [0, 0.1) is 0 Å². The van der Waals surface area contributed by atoms with Gasteiger partial charge in [-0.15, -0.1) is 0 Å². The first-order valence-corrected chi connectivity index (χ1v) is 12.3. The van der Waals surface area contributed by atoms with Gasteiger partial charge in [-0.3, -0.25) is 15.1 Å². The van der Waals surface area contributed by atoms with E-state index in [4.69, 9.17) is 14.9 Å². The summed E-state index contributed by atoms with van der Waals surface area (Å²) in [6.07, 6.45) is 3.96. The van der Waals surface area contributed by atoms with Crippen molar-refractivity contribution in [3.63, 3.8) is 0 Å². The third kappa shape index (κ3) is 6.83. The molecule has 2 amide bonds. The molecule has 0 unspecified atom stereocenters. The number of ketones is 1. The molecule has 2 heterocycles. The van der Waals surface area contributed by atoms with Gasteiger partial charge < -0.3 is 15.2 Å². The average molecular weight is 514 g/mol. The highest BCUT2D eigenvalue weighted by Crippen LogP contribution is 2.27. The van der Waals surface area contributed by atoms with E-state index >= 15 is 0 Å². The highest BCUT2D eigenvalue weighted by Gasteiger charge is 2.22. The Kier molecular flexibility index (Phi) is 8.18. The van der Waals surface area contributed by atoms with Crippen LogP contribution in [0.5, 0.6) is 11.5 Å².